The maximum atomic E-state index is 13.3. The van der Waals surface area contributed by atoms with Crippen LogP contribution >= 0.6 is 0 Å². The molecule has 0 unspecified atom stereocenters. The van der Waals surface area contributed by atoms with Crippen molar-refractivity contribution in [2.45, 2.75) is 25.7 Å². The summed E-state index contributed by atoms with van der Waals surface area (Å²) in [5.74, 6) is 2.81. The van der Waals surface area contributed by atoms with E-state index in [-0.39, 0.29) is 5.91 Å². The Morgan fingerprint density at radius 2 is 1.20 bits per heavy atom. The summed E-state index contributed by atoms with van der Waals surface area (Å²) in [7, 11) is 6.47. The van der Waals surface area contributed by atoms with Gasteiger partial charge in [0.1, 0.15) is 0 Å². The highest BCUT2D eigenvalue weighted by atomic mass is 16.5. The Hall–Kier alpha value is -3.67. The molecule has 3 aromatic carbocycles. The van der Waals surface area contributed by atoms with E-state index >= 15 is 0 Å². The highest BCUT2D eigenvalue weighted by Crippen LogP contribution is 2.29. The summed E-state index contributed by atoms with van der Waals surface area (Å²) in [6.45, 7) is 1.34. The van der Waals surface area contributed by atoms with Crippen molar-refractivity contribution in [3.63, 3.8) is 0 Å². The molecule has 0 bridgehead atoms. The Labute approximate surface area is 208 Å². The van der Waals surface area contributed by atoms with Crippen molar-refractivity contribution >= 4 is 5.91 Å². The third kappa shape index (κ3) is 7.41. The number of amides is 1. The van der Waals surface area contributed by atoms with Gasteiger partial charge in [-0.3, -0.25) is 4.79 Å². The molecule has 186 valence electrons. The topological polar surface area (TPSA) is 57.2 Å². The third-order valence-electron chi connectivity index (χ3n) is 6.01. The molecule has 1 amide bonds. The number of methoxy groups -OCH3 is 4. The van der Waals surface area contributed by atoms with E-state index in [0.29, 0.717) is 36.8 Å². The first-order valence-electron chi connectivity index (χ1n) is 11.8. The monoisotopic (exact) mass is 477 g/mol. The van der Waals surface area contributed by atoms with Crippen LogP contribution in [0.25, 0.3) is 0 Å². The lowest BCUT2D eigenvalue weighted by atomic mass is 10.1. The molecule has 0 radical (unpaired) electrons. The SMILES string of the molecule is COc1ccc(CCCN(CCc2ccccc2)C(=O)Cc2ccc(OC)c(OC)c2)cc1OC. The minimum absolute atomic E-state index is 0.0977. The lowest BCUT2D eigenvalue weighted by molar-refractivity contribution is -0.130. The van der Waals surface area contributed by atoms with E-state index in [2.05, 4.69) is 12.1 Å². The fourth-order valence-electron chi connectivity index (χ4n) is 4.06. The third-order valence-corrected chi connectivity index (χ3v) is 6.01. The summed E-state index contributed by atoms with van der Waals surface area (Å²) in [6.07, 6.45) is 2.81. The first kappa shape index (κ1) is 25.9. The van der Waals surface area contributed by atoms with Gasteiger partial charge in [-0.2, -0.15) is 0 Å². The van der Waals surface area contributed by atoms with Crippen molar-refractivity contribution in [2.24, 2.45) is 0 Å². The maximum absolute atomic E-state index is 13.3. The van der Waals surface area contributed by atoms with Crippen LogP contribution in [0.2, 0.25) is 0 Å². The van der Waals surface area contributed by atoms with Gasteiger partial charge in [-0.15, -0.1) is 0 Å². The minimum atomic E-state index is 0.0977. The van der Waals surface area contributed by atoms with Crippen LogP contribution in [0, 0.1) is 0 Å². The number of carbonyl (C=O) groups excluding carboxylic acids is 1. The van der Waals surface area contributed by atoms with Gasteiger partial charge in [-0.1, -0.05) is 42.5 Å². The van der Waals surface area contributed by atoms with Crippen LogP contribution in [-0.2, 0) is 24.1 Å². The lowest BCUT2D eigenvalue weighted by Gasteiger charge is -2.23. The predicted molar refractivity (Wildman–Crippen MR) is 138 cm³/mol. The maximum Gasteiger partial charge on any atom is 0.227 e. The Balaban J connectivity index is 1.67. The zero-order valence-electron chi connectivity index (χ0n) is 21.1. The molecule has 0 fully saturated rings. The number of benzene rings is 3. The van der Waals surface area contributed by atoms with Crippen LogP contribution in [0.5, 0.6) is 23.0 Å². The lowest BCUT2D eigenvalue weighted by Crippen LogP contribution is -2.35. The molecule has 3 aromatic rings. The van der Waals surface area contributed by atoms with Gasteiger partial charge in [0.25, 0.3) is 0 Å². The molecule has 0 saturated heterocycles. The molecule has 0 saturated carbocycles. The van der Waals surface area contributed by atoms with Crippen molar-refractivity contribution in [1.82, 2.24) is 4.90 Å². The van der Waals surface area contributed by atoms with Crippen molar-refractivity contribution in [3.05, 3.63) is 83.4 Å². The van der Waals surface area contributed by atoms with Gasteiger partial charge in [0.05, 0.1) is 34.9 Å². The molecule has 0 aliphatic carbocycles. The van der Waals surface area contributed by atoms with Gasteiger partial charge in [-0.25, -0.2) is 0 Å². The smallest absolute Gasteiger partial charge is 0.227 e. The molecule has 0 atom stereocenters. The summed E-state index contributed by atoms with van der Waals surface area (Å²) >= 11 is 0. The second-order valence-electron chi connectivity index (χ2n) is 8.28. The molecule has 6 nitrogen and oxygen atoms in total. The summed E-state index contributed by atoms with van der Waals surface area (Å²) in [5, 5.41) is 0. The molecule has 0 aliphatic rings. The number of rotatable bonds is 13. The van der Waals surface area contributed by atoms with Crippen molar-refractivity contribution in [3.8, 4) is 23.0 Å². The fraction of sp³-hybridized carbons (Fsp3) is 0.345. The van der Waals surface area contributed by atoms with Gasteiger partial charge in [0.2, 0.25) is 5.91 Å². The predicted octanol–water partition coefficient (Wildman–Crippen LogP) is 4.97. The summed E-state index contributed by atoms with van der Waals surface area (Å²) in [6, 6.07) is 21.8. The molecule has 0 spiro atoms. The molecular formula is C29H35NO5. The van der Waals surface area contributed by atoms with Crippen LogP contribution in [0.3, 0.4) is 0 Å². The minimum Gasteiger partial charge on any atom is -0.493 e. The average molecular weight is 478 g/mol. The second-order valence-corrected chi connectivity index (χ2v) is 8.28. The van der Waals surface area contributed by atoms with E-state index < -0.39 is 0 Å². The van der Waals surface area contributed by atoms with Crippen molar-refractivity contribution < 1.29 is 23.7 Å². The van der Waals surface area contributed by atoms with Crippen LogP contribution < -0.4 is 18.9 Å². The number of nitrogens with zero attached hydrogens (tertiary/aromatic N) is 1. The first-order valence-corrected chi connectivity index (χ1v) is 11.8. The summed E-state index contributed by atoms with van der Waals surface area (Å²) < 4.78 is 21.5. The zero-order valence-corrected chi connectivity index (χ0v) is 21.1. The molecular weight excluding hydrogens is 442 g/mol. The van der Waals surface area contributed by atoms with E-state index in [9.17, 15) is 4.79 Å². The molecule has 0 aliphatic heterocycles. The average Bonchev–Trinajstić information content (AvgIpc) is 2.90. The van der Waals surface area contributed by atoms with Crippen LogP contribution in [0.4, 0.5) is 0 Å². The van der Waals surface area contributed by atoms with E-state index in [4.69, 9.17) is 18.9 Å². The molecule has 0 aromatic heterocycles. The Kier molecular flexibility index (Phi) is 9.84. The van der Waals surface area contributed by atoms with Gasteiger partial charge in [0.15, 0.2) is 23.0 Å². The number of hydrogen-bond donors (Lipinski definition) is 0. The van der Waals surface area contributed by atoms with Crippen LogP contribution in [-0.4, -0.2) is 52.3 Å². The van der Waals surface area contributed by atoms with Crippen molar-refractivity contribution in [1.29, 1.82) is 0 Å². The largest absolute Gasteiger partial charge is 0.493 e. The molecule has 35 heavy (non-hydrogen) atoms. The van der Waals surface area contributed by atoms with Gasteiger partial charge >= 0.3 is 0 Å². The van der Waals surface area contributed by atoms with Gasteiger partial charge in [0, 0.05) is 13.1 Å². The van der Waals surface area contributed by atoms with Crippen LogP contribution in [0.1, 0.15) is 23.1 Å². The highest BCUT2D eigenvalue weighted by molar-refractivity contribution is 5.79. The molecule has 6 heteroatoms. The Bertz CT molecular complexity index is 1080. The molecule has 0 N–H and O–H groups in total. The normalized spacial score (nSPS) is 10.5. The molecule has 3 rings (SSSR count). The Morgan fingerprint density at radius 3 is 1.80 bits per heavy atom. The van der Waals surface area contributed by atoms with E-state index in [1.54, 1.807) is 28.4 Å². The summed E-state index contributed by atoms with van der Waals surface area (Å²) in [5.41, 5.74) is 3.27. The fourth-order valence-corrected chi connectivity index (χ4v) is 4.06. The standard InChI is InChI=1S/C29H35NO5/c1-32-25-14-12-23(19-27(25)34-3)11-8-17-30(18-16-22-9-6-5-7-10-22)29(31)21-24-13-15-26(33-2)28(20-24)35-4/h5-7,9-10,12-15,19-20H,8,11,16-18,21H2,1-4H3. The number of aryl methyl sites for hydroxylation is 1. The number of ether oxygens (including phenoxy) is 4. The number of carbonyl (C=O) groups is 1. The van der Waals surface area contributed by atoms with E-state index in [1.807, 2.05) is 59.5 Å². The van der Waals surface area contributed by atoms with Crippen LogP contribution in [0.15, 0.2) is 66.7 Å². The zero-order chi connectivity index (χ0) is 25.0. The van der Waals surface area contributed by atoms with Gasteiger partial charge in [-0.05, 0) is 60.2 Å². The van der Waals surface area contributed by atoms with Gasteiger partial charge < -0.3 is 23.8 Å². The van der Waals surface area contributed by atoms with E-state index in [1.165, 1.54) is 5.56 Å². The second kappa shape index (κ2) is 13.3. The molecule has 0 heterocycles. The van der Waals surface area contributed by atoms with E-state index in [0.717, 1.165) is 36.1 Å². The highest BCUT2D eigenvalue weighted by Gasteiger charge is 2.16. The quantitative estimate of drug-likeness (QED) is 0.348. The number of hydrogen-bond acceptors (Lipinski definition) is 5. The van der Waals surface area contributed by atoms with Crippen molar-refractivity contribution in [2.75, 3.05) is 41.5 Å². The first-order chi connectivity index (χ1) is 17.1. The summed E-state index contributed by atoms with van der Waals surface area (Å²) in [4.78, 5) is 15.3. The Morgan fingerprint density at radius 1 is 0.629 bits per heavy atom.